The van der Waals surface area contributed by atoms with E-state index in [2.05, 4.69) is 12.3 Å². The van der Waals surface area contributed by atoms with Gasteiger partial charge in [0, 0.05) is 12.9 Å². The van der Waals surface area contributed by atoms with Gasteiger partial charge in [0.05, 0.1) is 5.60 Å². The molecule has 0 saturated heterocycles. The highest BCUT2D eigenvalue weighted by molar-refractivity contribution is 8.03. The van der Waals surface area contributed by atoms with Crippen LogP contribution in [0.3, 0.4) is 0 Å². The summed E-state index contributed by atoms with van der Waals surface area (Å²) in [5, 5.41) is 10.7. The van der Waals surface area contributed by atoms with Gasteiger partial charge in [-0.15, -0.1) is 0 Å². The van der Waals surface area contributed by atoms with E-state index in [9.17, 15) is 0 Å². The van der Waals surface area contributed by atoms with E-state index >= 15 is 0 Å². The Morgan fingerprint density at radius 1 is 1.62 bits per heavy atom. The summed E-state index contributed by atoms with van der Waals surface area (Å²) in [6.45, 7) is 2.24. The number of ether oxygens (including phenoxy) is 1. The first-order chi connectivity index (χ1) is 6.25. The van der Waals surface area contributed by atoms with Crippen molar-refractivity contribution in [3.05, 3.63) is 0 Å². The summed E-state index contributed by atoms with van der Waals surface area (Å²) in [5.41, 5.74) is -0.0291. The molecule has 13 heavy (non-hydrogen) atoms. The number of thioether (sulfide) groups is 1. The van der Waals surface area contributed by atoms with Crippen LogP contribution in [0.5, 0.6) is 0 Å². The Morgan fingerprint density at radius 3 is 2.92 bits per heavy atom. The molecule has 74 valence electrons. The third-order valence-electron chi connectivity index (χ3n) is 3.17. The van der Waals surface area contributed by atoms with Crippen molar-refractivity contribution >= 4 is 11.8 Å². The number of hydrogen-bond acceptors (Lipinski definition) is 3. The summed E-state index contributed by atoms with van der Waals surface area (Å²) in [4.78, 5) is 0. The standard InChI is InChI=1S/C10H17NOS/c1-9-5-3-4-6-10(9,12-2)7-13-8-11/h9H,3-7H2,1-2H3. The molecule has 0 N–H and O–H groups in total. The molecule has 1 aliphatic carbocycles. The van der Waals surface area contributed by atoms with Gasteiger partial charge in [0.25, 0.3) is 0 Å². The summed E-state index contributed by atoms with van der Waals surface area (Å²) in [6.07, 6.45) is 4.90. The molecule has 2 atom stereocenters. The summed E-state index contributed by atoms with van der Waals surface area (Å²) in [7, 11) is 1.78. The maximum atomic E-state index is 8.55. The van der Waals surface area contributed by atoms with Gasteiger partial charge in [-0.05, 0) is 30.5 Å². The molecule has 2 nitrogen and oxygen atoms in total. The topological polar surface area (TPSA) is 33.0 Å². The van der Waals surface area contributed by atoms with Gasteiger partial charge in [0.1, 0.15) is 5.40 Å². The van der Waals surface area contributed by atoms with Crippen LogP contribution >= 0.6 is 11.8 Å². The zero-order valence-corrected chi connectivity index (χ0v) is 9.19. The van der Waals surface area contributed by atoms with E-state index in [0.717, 1.165) is 12.2 Å². The van der Waals surface area contributed by atoms with Crippen LogP contribution < -0.4 is 0 Å². The van der Waals surface area contributed by atoms with E-state index < -0.39 is 0 Å². The molecule has 2 unspecified atom stereocenters. The molecule has 0 spiro atoms. The molecule has 0 amide bonds. The second-order valence-corrected chi connectivity index (χ2v) is 4.56. The minimum atomic E-state index is -0.0291. The third-order valence-corrected chi connectivity index (χ3v) is 3.93. The molecule has 0 aromatic carbocycles. The predicted octanol–water partition coefficient (Wildman–Crippen LogP) is 2.80. The number of methoxy groups -OCH3 is 1. The van der Waals surface area contributed by atoms with Crippen LogP contribution in [-0.4, -0.2) is 18.5 Å². The normalized spacial score (nSPS) is 34.1. The molecule has 1 fully saturated rings. The number of rotatable bonds is 3. The highest BCUT2D eigenvalue weighted by Crippen LogP contribution is 2.38. The van der Waals surface area contributed by atoms with Crippen molar-refractivity contribution in [2.24, 2.45) is 5.92 Å². The van der Waals surface area contributed by atoms with Crippen LogP contribution in [0.4, 0.5) is 0 Å². The van der Waals surface area contributed by atoms with Gasteiger partial charge in [-0.3, -0.25) is 0 Å². The summed E-state index contributed by atoms with van der Waals surface area (Å²) >= 11 is 1.32. The molecule has 0 heterocycles. The number of nitriles is 1. The number of hydrogen-bond donors (Lipinski definition) is 0. The van der Waals surface area contributed by atoms with Gasteiger partial charge in [-0.1, -0.05) is 19.8 Å². The molecular formula is C10H17NOS. The fourth-order valence-electron chi connectivity index (χ4n) is 2.12. The van der Waals surface area contributed by atoms with Gasteiger partial charge >= 0.3 is 0 Å². The smallest absolute Gasteiger partial charge is 0.133 e. The lowest BCUT2D eigenvalue weighted by Crippen LogP contribution is -2.43. The van der Waals surface area contributed by atoms with E-state index in [1.54, 1.807) is 7.11 Å². The average molecular weight is 199 g/mol. The first-order valence-corrected chi connectivity index (χ1v) is 5.80. The second kappa shape index (κ2) is 4.88. The summed E-state index contributed by atoms with van der Waals surface area (Å²) < 4.78 is 5.62. The van der Waals surface area contributed by atoms with Gasteiger partial charge < -0.3 is 4.74 Å². The minimum absolute atomic E-state index is 0.0291. The SMILES string of the molecule is COC1(CSC#N)CCCCC1C. The van der Waals surface area contributed by atoms with Crippen molar-refractivity contribution in [3.63, 3.8) is 0 Å². The lowest BCUT2D eigenvalue weighted by Gasteiger charge is -2.40. The van der Waals surface area contributed by atoms with Crippen LogP contribution in [-0.2, 0) is 4.74 Å². The molecule has 3 heteroatoms. The molecule has 0 radical (unpaired) electrons. The van der Waals surface area contributed by atoms with Crippen molar-refractivity contribution in [2.75, 3.05) is 12.9 Å². The highest BCUT2D eigenvalue weighted by Gasteiger charge is 2.38. The van der Waals surface area contributed by atoms with E-state index in [1.165, 1.54) is 31.0 Å². The average Bonchev–Trinajstić information content (AvgIpc) is 2.17. The Hall–Kier alpha value is -0.200. The first kappa shape index (κ1) is 10.9. The largest absolute Gasteiger partial charge is 0.377 e. The van der Waals surface area contributed by atoms with E-state index in [0.29, 0.717) is 5.92 Å². The Morgan fingerprint density at radius 2 is 2.38 bits per heavy atom. The van der Waals surface area contributed by atoms with Gasteiger partial charge in [-0.2, -0.15) is 5.26 Å². The second-order valence-electron chi connectivity index (χ2n) is 3.80. The van der Waals surface area contributed by atoms with Crippen LogP contribution in [0.2, 0.25) is 0 Å². The maximum Gasteiger partial charge on any atom is 0.133 e. The fraction of sp³-hybridized carbons (Fsp3) is 0.900. The third kappa shape index (κ3) is 2.38. The Labute approximate surface area is 84.6 Å². The monoisotopic (exact) mass is 199 g/mol. The Balaban J connectivity index is 2.60. The van der Waals surface area contributed by atoms with Gasteiger partial charge in [0.15, 0.2) is 0 Å². The van der Waals surface area contributed by atoms with Crippen molar-refractivity contribution in [1.82, 2.24) is 0 Å². The van der Waals surface area contributed by atoms with E-state index in [1.807, 2.05) is 0 Å². The highest BCUT2D eigenvalue weighted by atomic mass is 32.2. The van der Waals surface area contributed by atoms with Crippen molar-refractivity contribution in [1.29, 1.82) is 5.26 Å². The van der Waals surface area contributed by atoms with Gasteiger partial charge in [-0.25, -0.2) is 0 Å². The van der Waals surface area contributed by atoms with Crippen LogP contribution in [0, 0.1) is 16.6 Å². The van der Waals surface area contributed by atoms with Gasteiger partial charge in [0.2, 0.25) is 0 Å². The van der Waals surface area contributed by atoms with E-state index in [-0.39, 0.29) is 5.60 Å². The lowest BCUT2D eigenvalue weighted by atomic mass is 9.77. The summed E-state index contributed by atoms with van der Waals surface area (Å²) in [5.74, 6) is 1.41. The van der Waals surface area contributed by atoms with E-state index in [4.69, 9.17) is 10.00 Å². The zero-order chi connectivity index (χ0) is 9.73. The first-order valence-electron chi connectivity index (χ1n) is 4.81. The molecule has 0 aromatic heterocycles. The molecule has 0 aromatic rings. The lowest BCUT2D eigenvalue weighted by molar-refractivity contribution is -0.0577. The molecule has 1 saturated carbocycles. The number of thiocyanates is 1. The Bertz CT molecular complexity index is 202. The van der Waals surface area contributed by atoms with Crippen LogP contribution in [0.15, 0.2) is 0 Å². The molecule has 0 bridgehead atoms. The van der Waals surface area contributed by atoms with Crippen molar-refractivity contribution in [3.8, 4) is 5.40 Å². The Kier molecular flexibility index (Phi) is 4.08. The van der Waals surface area contributed by atoms with Crippen molar-refractivity contribution in [2.45, 2.75) is 38.2 Å². The molecular weight excluding hydrogens is 182 g/mol. The molecule has 0 aliphatic heterocycles. The predicted molar refractivity (Wildman–Crippen MR) is 55.4 cm³/mol. The number of nitrogens with zero attached hydrogens (tertiary/aromatic N) is 1. The molecule has 1 aliphatic rings. The molecule has 1 rings (SSSR count). The summed E-state index contributed by atoms with van der Waals surface area (Å²) in [6, 6.07) is 0. The maximum absolute atomic E-state index is 8.55. The fourth-order valence-corrected chi connectivity index (χ4v) is 2.97. The van der Waals surface area contributed by atoms with Crippen LogP contribution in [0.25, 0.3) is 0 Å². The zero-order valence-electron chi connectivity index (χ0n) is 8.38. The van der Waals surface area contributed by atoms with Crippen LogP contribution in [0.1, 0.15) is 32.6 Å². The quantitative estimate of drug-likeness (QED) is 0.655. The van der Waals surface area contributed by atoms with Crippen molar-refractivity contribution < 1.29 is 4.74 Å². The minimum Gasteiger partial charge on any atom is -0.377 e.